The second-order valence-electron chi connectivity index (χ2n) is 4.86. The fraction of sp³-hybridized carbons (Fsp3) is 0.412. The van der Waals surface area contributed by atoms with Crippen LogP contribution in [0.25, 0.3) is 0 Å². The normalized spacial score (nSPS) is 11.3. The van der Waals surface area contributed by atoms with E-state index in [-0.39, 0.29) is 18.2 Å². The Kier molecular flexibility index (Phi) is 6.16. The minimum Gasteiger partial charge on any atom is -0.426 e. The zero-order valence-electron chi connectivity index (χ0n) is 12.7. The van der Waals surface area contributed by atoms with E-state index in [1.165, 1.54) is 6.92 Å². The van der Waals surface area contributed by atoms with Crippen LogP contribution in [-0.2, 0) is 22.4 Å². The number of rotatable bonds is 6. The molecule has 0 spiro atoms. The lowest BCUT2D eigenvalue weighted by atomic mass is 9.99. The first kappa shape index (κ1) is 16.2. The van der Waals surface area contributed by atoms with Crippen LogP contribution in [0.1, 0.15) is 45.2 Å². The molecule has 0 saturated carbocycles. The van der Waals surface area contributed by atoms with Crippen LogP contribution >= 0.6 is 0 Å². The third kappa shape index (κ3) is 4.65. The van der Waals surface area contributed by atoms with Gasteiger partial charge in [0, 0.05) is 18.9 Å². The van der Waals surface area contributed by atoms with Gasteiger partial charge in [0.15, 0.2) is 5.78 Å². The van der Waals surface area contributed by atoms with Gasteiger partial charge in [-0.05, 0) is 37.5 Å². The highest BCUT2D eigenvalue weighted by molar-refractivity contribution is 5.96. The number of benzene rings is 1. The average molecular weight is 274 g/mol. The molecule has 0 saturated heterocycles. The van der Waals surface area contributed by atoms with Gasteiger partial charge in [0.25, 0.3) is 0 Å². The van der Waals surface area contributed by atoms with Crippen molar-refractivity contribution >= 4 is 11.8 Å². The first-order chi connectivity index (χ1) is 9.47. The SMILES string of the molecule is C/C=C(\C)C(=O)Cc1cc(CCC)ccc1OC(C)=O. The van der Waals surface area contributed by atoms with Gasteiger partial charge in [0.1, 0.15) is 5.75 Å². The number of allylic oxidation sites excluding steroid dienone is 2. The molecule has 0 radical (unpaired) electrons. The zero-order valence-corrected chi connectivity index (χ0v) is 12.7. The maximum atomic E-state index is 12.0. The Bertz CT molecular complexity index is 527. The number of hydrogen-bond donors (Lipinski definition) is 0. The number of carbonyl (C=O) groups excluding carboxylic acids is 2. The summed E-state index contributed by atoms with van der Waals surface area (Å²) >= 11 is 0. The molecule has 1 aromatic carbocycles. The maximum Gasteiger partial charge on any atom is 0.308 e. The van der Waals surface area contributed by atoms with Crippen LogP contribution in [0, 0.1) is 0 Å². The van der Waals surface area contributed by atoms with Crippen LogP contribution in [0.3, 0.4) is 0 Å². The first-order valence-corrected chi connectivity index (χ1v) is 6.94. The standard InChI is InChI=1S/C17H22O3/c1-5-7-14-8-9-17(20-13(4)18)15(10-14)11-16(19)12(3)6-2/h6,8-10H,5,7,11H2,1-4H3/b12-6+. The molecule has 0 fully saturated rings. The topological polar surface area (TPSA) is 43.4 Å². The summed E-state index contributed by atoms with van der Waals surface area (Å²) in [4.78, 5) is 23.2. The number of ether oxygens (including phenoxy) is 1. The minimum atomic E-state index is -0.371. The Balaban J connectivity index is 3.07. The summed E-state index contributed by atoms with van der Waals surface area (Å²) < 4.78 is 5.18. The molecule has 0 aliphatic carbocycles. The summed E-state index contributed by atoms with van der Waals surface area (Å²) in [6, 6.07) is 5.68. The molecule has 3 heteroatoms. The molecular formula is C17H22O3. The van der Waals surface area contributed by atoms with Crippen molar-refractivity contribution in [3.63, 3.8) is 0 Å². The smallest absolute Gasteiger partial charge is 0.308 e. The highest BCUT2D eigenvalue weighted by Gasteiger charge is 2.12. The molecule has 3 nitrogen and oxygen atoms in total. The second kappa shape index (κ2) is 7.63. The molecule has 0 heterocycles. The Morgan fingerprint density at radius 1 is 1.25 bits per heavy atom. The molecule has 20 heavy (non-hydrogen) atoms. The highest BCUT2D eigenvalue weighted by Crippen LogP contribution is 2.23. The van der Waals surface area contributed by atoms with E-state index in [0.717, 1.165) is 29.5 Å². The van der Waals surface area contributed by atoms with E-state index >= 15 is 0 Å². The van der Waals surface area contributed by atoms with E-state index in [9.17, 15) is 9.59 Å². The minimum absolute atomic E-state index is 0.0505. The summed E-state index contributed by atoms with van der Waals surface area (Å²) in [5, 5.41) is 0. The quantitative estimate of drug-likeness (QED) is 0.452. The third-order valence-electron chi connectivity index (χ3n) is 3.14. The Morgan fingerprint density at radius 2 is 1.95 bits per heavy atom. The van der Waals surface area contributed by atoms with Crippen LogP contribution in [0.2, 0.25) is 0 Å². The van der Waals surface area contributed by atoms with Crippen molar-refractivity contribution in [2.45, 2.75) is 47.0 Å². The predicted molar refractivity (Wildman–Crippen MR) is 79.9 cm³/mol. The Hall–Kier alpha value is -1.90. The van der Waals surface area contributed by atoms with E-state index in [1.807, 2.05) is 19.1 Å². The molecule has 0 aromatic heterocycles. The van der Waals surface area contributed by atoms with Crippen molar-refractivity contribution < 1.29 is 14.3 Å². The van der Waals surface area contributed by atoms with Crippen LogP contribution in [0.4, 0.5) is 0 Å². The lowest BCUT2D eigenvalue weighted by Gasteiger charge is -2.11. The molecule has 0 aliphatic rings. The second-order valence-corrected chi connectivity index (χ2v) is 4.86. The third-order valence-corrected chi connectivity index (χ3v) is 3.14. The van der Waals surface area contributed by atoms with Gasteiger partial charge in [-0.15, -0.1) is 0 Å². The van der Waals surface area contributed by atoms with Crippen molar-refractivity contribution in [1.82, 2.24) is 0 Å². The fourth-order valence-electron chi connectivity index (χ4n) is 1.94. The van der Waals surface area contributed by atoms with E-state index in [1.54, 1.807) is 19.1 Å². The average Bonchev–Trinajstić information content (AvgIpc) is 2.40. The van der Waals surface area contributed by atoms with Gasteiger partial charge < -0.3 is 4.74 Å². The summed E-state index contributed by atoms with van der Waals surface area (Å²) in [7, 11) is 0. The van der Waals surface area contributed by atoms with Crippen LogP contribution in [0.5, 0.6) is 5.75 Å². The van der Waals surface area contributed by atoms with Crippen molar-refractivity contribution in [2.24, 2.45) is 0 Å². The lowest BCUT2D eigenvalue weighted by Crippen LogP contribution is -2.09. The summed E-state index contributed by atoms with van der Waals surface area (Å²) in [6.45, 7) is 7.11. The Morgan fingerprint density at radius 3 is 2.50 bits per heavy atom. The maximum absolute atomic E-state index is 12.0. The Labute approximate surface area is 120 Å². The molecule has 0 N–H and O–H groups in total. The van der Waals surface area contributed by atoms with Gasteiger partial charge in [0.2, 0.25) is 0 Å². The van der Waals surface area contributed by atoms with Gasteiger partial charge in [-0.2, -0.15) is 0 Å². The van der Waals surface area contributed by atoms with Gasteiger partial charge in [0.05, 0.1) is 0 Å². The molecule has 0 bridgehead atoms. The molecule has 108 valence electrons. The molecular weight excluding hydrogens is 252 g/mol. The van der Waals surface area contributed by atoms with Gasteiger partial charge >= 0.3 is 5.97 Å². The summed E-state index contributed by atoms with van der Waals surface area (Å²) in [5.74, 6) is 0.161. The van der Waals surface area contributed by atoms with Crippen molar-refractivity contribution in [3.05, 3.63) is 41.0 Å². The van der Waals surface area contributed by atoms with E-state index in [2.05, 4.69) is 6.92 Å². The van der Waals surface area contributed by atoms with Gasteiger partial charge in [-0.25, -0.2) is 0 Å². The molecule has 0 aliphatic heterocycles. The number of Topliss-reactive ketones (excluding diaryl/α,β-unsaturated/α-hetero) is 1. The number of esters is 1. The van der Waals surface area contributed by atoms with Crippen molar-refractivity contribution in [2.75, 3.05) is 0 Å². The van der Waals surface area contributed by atoms with E-state index in [0.29, 0.717) is 5.75 Å². The van der Waals surface area contributed by atoms with Crippen molar-refractivity contribution in [1.29, 1.82) is 0 Å². The summed E-state index contributed by atoms with van der Waals surface area (Å²) in [6.07, 6.45) is 4.04. The molecule has 0 amide bonds. The first-order valence-electron chi connectivity index (χ1n) is 6.94. The zero-order chi connectivity index (χ0) is 15.1. The highest BCUT2D eigenvalue weighted by atomic mass is 16.5. The number of aryl methyl sites for hydroxylation is 1. The number of hydrogen-bond acceptors (Lipinski definition) is 3. The largest absolute Gasteiger partial charge is 0.426 e. The van der Waals surface area contributed by atoms with Gasteiger partial charge in [-0.1, -0.05) is 31.6 Å². The molecule has 0 atom stereocenters. The van der Waals surface area contributed by atoms with Crippen LogP contribution in [0.15, 0.2) is 29.8 Å². The predicted octanol–water partition coefficient (Wildman–Crippen LogP) is 3.64. The molecule has 0 unspecified atom stereocenters. The van der Waals surface area contributed by atoms with Crippen LogP contribution < -0.4 is 4.74 Å². The number of carbonyl (C=O) groups is 2. The van der Waals surface area contributed by atoms with Crippen molar-refractivity contribution in [3.8, 4) is 5.75 Å². The van der Waals surface area contributed by atoms with E-state index in [4.69, 9.17) is 4.74 Å². The van der Waals surface area contributed by atoms with Gasteiger partial charge in [-0.3, -0.25) is 9.59 Å². The summed E-state index contributed by atoms with van der Waals surface area (Å²) in [5.41, 5.74) is 2.65. The molecule has 1 aromatic rings. The molecule has 1 rings (SSSR count). The van der Waals surface area contributed by atoms with Crippen LogP contribution in [-0.4, -0.2) is 11.8 Å². The fourth-order valence-corrected chi connectivity index (χ4v) is 1.94. The lowest BCUT2D eigenvalue weighted by molar-refractivity contribution is -0.132. The van der Waals surface area contributed by atoms with E-state index < -0.39 is 0 Å². The number of ketones is 1. The monoisotopic (exact) mass is 274 g/mol.